The second kappa shape index (κ2) is 7.72. The first-order chi connectivity index (χ1) is 14.2. The molecule has 3 aromatic rings. The smallest absolute Gasteiger partial charge is 0.128 e. The van der Waals surface area contributed by atoms with Crippen molar-refractivity contribution in [2.45, 2.75) is 36.0 Å². The molecule has 1 aliphatic heterocycles. The molecule has 1 heterocycles. The molecule has 29 heavy (non-hydrogen) atoms. The zero-order chi connectivity index (χ0) is 19.8. The second-order valence-corrected chi connectivity index (χ2v) is 9.02. The van der Waals surface area contributed by atoms with E-state index in [2.05, 4.69) is 66.9 Å². The summed E-state index contributed by atoms with van der Waals surface area (Å²) in [4.78, 5) is 1.29. The maximum Gasteiger partial charge on any atom is 0.128 e. The van der Waals surface area contributed by atoms with Crippen LogP contribution in [0, 0.1) is 18.7 Å². The number of hydrogen-bond acceptors (Lipinski definition) is 2. The Kier molecular flexibility index (Phi) is 4.92. The fourth-order valence-corrected chi connectivity index (χ4v) is 5.62. The molecule has 1 N–H and O–H groups in total. The van der Waals surface area contributed by atoms with Crippen molar-refractivity contribution in [2.24, 2.45) is 5.92 Å². The molecule has 3 heteroatoms. The average molecular weight is 402 g/mol. The third kappa shape index (κ3) is 3.49. The highest BCUT2D eigenvalue weighted by atomic mass is 32.2. The third-order valence-electron chi connectivity index (χ3n) is 6.11. The van der Waals surface area contributed by atoms with Gasteiger partial charge in [-0.2, -0.15) is 0 Å². The number of benzene rings is 3. The Morgan fingerprint density at radius 2 is 1.79 bits per heavy atom. The van der Waals surface area contributed by atoms with Crippen LogP contribution in [0.15, 0.2) is 83.8 Å². The van der Waals surface area contributed by atoms with E-state index in [1.807, 2.05) is 23.9 Å². The van der Waals surface area contributed by atoms with E-state index < -0.39 is 0 Å². The van der Waals surface area contributed by atoms with E-state index in [9.17, 15) is 4.39 Å². The van der Waals surface area contributed by atoms with Gasteiger partial charge >= 0.3 is 0 Å². The Morgan fingerprint density at radius 3 is 2.62 bits per heavy atom. The number of nitrogens with one attached hydrogen (secondary N) is 1. The summed E-state index contributed by atoms with van der Waals surface area (Å²) in [7, 11) is 0. The maximum absolute atomic E-state index is 14.6. The topological polar surface area (TPSA) is 12.0 Å². The third-order valence-corrected chi connectivity index (χ3v) is 7.20. The van der Waals surface area contributed by atoms with Crippen molar-refractivity contribution in [3.8, 4) is 0 Å². The molecule has 1 aliphatic carbocycles. The van der Waals surface area contributed by atoms with Crippen molar-refractivity contribution < 1.29 is 4.39 Å². The van der Waals surface area contributed by atoms with Gasteiger partial charge in [-0.3, -0.25) is 0 Å². The standard InChI is InChI=1S/C26H24FNS/c1-17-14-18(16-29-19-8-3-2-4-9-19)15-23-20-11-7-12-21(20)26(28-25(17)23)22-10-5-6-13-24(22)27/h2-11,13-15,20-21,26,28H,12,16H2,1H3/t20-,21-,26+/m1/s1. The van der Waals surface area contributed by atoms with Gasteiger partial charge in [0.25, 0.3) is 0 Å². The molecular weight excluding hydrogens is 377 g/mol. The largest absolute Gasteiger partial charge is 0.377 e. The molecule has 2 aliphatic rings. The minimum Gasteiger partial charge on any atom is -0.377 e. The van der Waals surface area contributed by atoms with Crippen LogP contribution in [0.2, 0.25) is 0 Å². The molecule has 146 valence electrons. The van der Waals surface area contributed by atoms with Crippen LogP contribution in [0.1, 0.15) is 40.6 Å². The van der Waals surface area contributed by atoms with E-state index in [0.717, 1.165) is 17.7 Å². The summed E-state index contributed by atoms with van der Waals surface area (Å²) in [5.74, 6) is 1.54. The molecule has 3 atom stereocenters. The van der Waals surface area contributed by atoms with Crippen LogP contribution in [0.3, 0.4) is 0 Å². The molecule has 0 saturated heterocycles. The molecule has 0 unspecified atom stereocenters. The van der Waals surface area contributed by atoms with Crippen LogP contribution >= 0.6 is 11.8 Å². The van der Waals surface area contributed by atoms with E-state index in [0.29, 0.717) is 11.8 Å². The number of allylic oxidation sites excluding steroid dienone is 2. The molecule has 0 radical (unpaired) electrons. The predicted molar refractivity (Wildman–Crippen MR) is 120 cm³/mol. The Bertz CT molecular complexity index is 1060. The maximum atomic E-state index is 14.6. The zero-order valence-electron chi connectivity index (χ0n) is 16.4. The number of hydrogen-bond donors (Lipinski definition) is 1. The fourth-order valence-electron chi connectivity index (χ4n) is 4.77. The number of fused-ring (bicyclic) bond motifs is 3. The molecule has 0 aromatic heterocycles. The van der Waals surface area contributed by atoms with Gasteiger partial charge in [0.15, 0.2) is 0 Å². The van der Waals surface area contributed by atoms with E-state index in [1.165, 1.54) is 27.3 Å². The van der Waals surface area contributed by atoms with Gasteiger partial charge in [0.05, 0.1) is 6.04 Å². The first-order valence-corrected chi connectivity index (χ1v) is 11.2. The van der Waals surface area contributed by atoms with E-state index in [4.69, 9.17) is 0 Å². The van der Waals surface area contributed by atoms with Crippen molar-refractivity contribution >= 4 is 17.4 Å². The van der Waals surface area contributed by atoms with Gasteiger partial charge in [0.2, 0.25) is 0 Å². The van der Waals surface area contributed by atoms with E-state index >= 15 is 0 Å². The van der Waals surface area contributed by atoms with Gasteiger partial charge < -0.3 is 5.32 Å². The van der Waals surface area contributed by atoms with Gasteiger partial charge in [-0.15, -0.1) is 11.8 Å². The van der Waals surface area contributed by atoms with Crippen LogP contribution in [0.25, 0.3) is 0 Å². The Balaban J connectivity index is 1.48. The highest BCUT2D eigenvalue weighted by Gasteiger charge is 2.39. The molecule has 0 bridgehead atoms. The minimum atomic E-state index is -0.118. The van der Waals surface area contributed by atoms with Crippen LogP contribution in [-0.2, 0) is 5.75 Å². The summed E-state index contributed by atoms with van der Waals surface area (Å²) in [6.45, 7) is 2.17. The monoisotopic (exact) mass is 401 g/mol. The SMILES string of the molecule is Cc1cc(CSc2ccccc2)cc2c1N[C@H](c1ccccc1F)[C@@H]1CC=C[C@@H]21. The van der Waals surface area contributed by atoms with E-state index in [1.54, 1.807) is 12.1 Å². The van der Waals surface area contributed by atoms with Crippen LogP contribution in [0.4, 0.5) is 10.1 Å². The lowest BCUT2D eigenvalue weighted by Crippen LogP contribution is -2.30. The zero-order valence-corrected chi connectivity index (χ0v) is 17.3. The Hall–Kier alpha value is -2.52. The molecule has 0 saturated carbocycles. The summed E-state index contributed by atoms with van der Waals surface area (Å²) in [6.07, 6.45) is 5.57. The lowest BCUT2D eigenvalue weighted by atomic mass is 9.76. The molecule has 0 spiro atoms. The molecule has 0 amide bonds. The van der Waals surface area contributed by atoms with Crippen molar-refractivity contribution in [1.82, 2.24) is 0 Å². The first kappa shape index (κ1) is 18.5. The molecule has 3 aromatic carbocycles. The minimum absolute atomic E-state index is 0.00643. The van der Waals surface area contributed by atoms with Crippen molar-refractivity contribution in [3.05, 3.63) is 107 Å². The van der Waals surface area contributed by atoms with Gasteiger partial charge in [-0.1, -0.05) is 60.7 Å². The van der Waals surface area contributed by atoms with Gasteiger partial charge in [-0.25, -0.2) is 4.39 Å². The normalized spacial score (nSPS) is 22.1. The van der Waals surface area contributed by atoms with E-state index in [-0.39, 0.29) is 11.9 Å². The molecule has 0 fully saturated rings. The lowest BCUT2D eigenvalue weighted by Gasteiger charge is -2.38. The van der Waals surface area contributed by atoms with Crippen LogP contribution in [0.5, 0.6) is 0 Å². The van der Waals surface area contributed by atoms with Crippen LogP contribution in [-0.4, -0.2) is 0 Å². The first-order valence-electron chi connectivity index (χ1n) is 10.2. The number of anilines is 1. The second-order valence-electron chi connectivity index (χ2n) is 7.98. The highest BCUT2D eigenvalue weighted by molar-refractivity contribution is 7.98. The lowest BCUT2D eigenvalue weighted by molar-refractivity contribution is 0.413. The Labute approximate surface area is 176 Å². The Morgan fingerprint density at radius 1 is 1.00 bits per heavy atom. The molecule has 1 nitrogen and oxygen atoms in total. The fraction of sp³-hybridized carbons (Fsp3) is 0.231. The summed E-state index contributed by atoms with van der Waals surface area (Å²) >= 11 is 1.87. The van der Waals surface area contributed by atoms with Crippen molar-refractivity contribution in [3.63, 3.8) is 0 Å². The number of thioether (sulfide) groups is 1. The summed E-state index contributed by atoms with van der Waals surface area (Å²) in [5, 5.41) is 3.71. The summed E-state index contributed by atoms with van der Waals surface area (Å²) in [6, 6.07) is 22.4. The number of rotatable bonds is 4. The molecule has 5 rings (SSSR count). The van der Waals surface area contributed by atoms with Crippen LogP contribution < -0.4 is 5.32 Å². The summed E-state index contributed by atoms with van der Waals surface area (Å²) in [5.41, 5.74) is 5.91. The predicted octanol–water partition coefficient (Wildman–Crippen LogP) is 7.25. The van der Waals surface area contributed by atoms with Gasteiger partial charge in [0, 0.05) is 27.8 Å². The summed E-state index contributed by atoms with van der Waals surface area (Å²) < 4.78 is 14.6. The number of halogens is 1. The van der Waals surface area contributed by atoms with Gasteiger partial charge in [0.1, 0.15) is 5.82 Å². The quantitative estimate of drug-likeness (QED) is 0.365. The average Bonchev–Trinajstić information content (AvgIpc) is 3.24. The van der Waals surface area contributed by atoms with Crippen molar-refractivity contribution in [1.29, 1.82) is 0 Å². The molecular formula is C26H24FNS. The van der Waals surface area contributed by atoms with Gasteiger partial charge in [-0.05, 0) is 54.2 Å². The highest BCUT2D eigenvalue weighted by Crippen LogP contribution is 2.51. The van der Waals surface area contributed by atoms with Crippen molar-refractivity contribution in [2.75, 3.05) is 5.32 Å². The number of aryl methyl sites for hydroxylation is 1.